The van der Waals surface area contributed by atoms with Crippen LogP contribution in [0.15, 0.2) is 42.5 Å². The molecule has 0 radical (unpaired) electrons. The number of nitrogens with one attached hydrogen (secondary N) is 2. The molecule has 2 heterocycles. The summed E-state index contributed by atoms with van der Waals surface area (Å²) in [4.78, 5) is 66.4. The molecular formula is C30H37N5O11. The number of carbonyl (C=O) groups excluding carboxylic acids is 4. The summed E-state index contributed by atoms with van der Waals surface area (Å²) in [5.41, 5.74) is -1.28. The van der Waals surface area contributed by atoms with E-state index in [9.17, 15) is 29.3 Å². The van der Waals surface area contributed by atoms with E-state index < -0.39 is 64.9 Å². The summed E-state index contributed by atoms with van der Waals surface area (Å²) < 4.78 is 26.7. The molecule has 1 saturated heterocycles. The van der Waals surface area contributed by atoms with Crippen molar-refractivity contribution in [1.82, 2.24) is 15.6 Å². The van der Waals surface area contributed by atoms with Crippen molar-refractivity contribution in [3.63, 3.8) is 0 Å². The normalized spacial score (nSPS) is 20.8. The molecule has 3 amide bonds. The number of ether oxygens (including phenoxy) is 5. The van der Waals surface area contributed by atoms with Gasteiger partial charge in [-0.3, -0.25) is 0 Å². The number of hydrogen-bond acceptors (Lipinski definition) is 12. The molecule has 2 aliphatic rings. The van der Waals surface area contributed by atoms with E-state index in [-0.39, 0.29) is 44.2 Å². The molecule has 0 bridgehead atoms. The number of hydrogen-bond donors (Lipinski definition) is 2. The van der Waals surface area contributed by atoms with Gasteiger partial charge in [0, 0.05) is 12.1 Å². The zero-order chi connectivity index (χ0) is 33.5. The van der Waals surface area contributed by atoms with Gasteiger partial charge in [0.1, 0.15) is 12.2 Å². The topological polar surface area (TPSA) is 198 Å². The van der Waals surface area contributed by atoms with Crippen molar-refractivity contribution in [2.24, 2.45) is 0 Å². The van der Waals surface area contributed by atoms with Gasteiger partial charge < -0.3 is 44.4 Å². The average molecular weight is 644 g/mol. The first-order chi connectivity index (χ1) is 21.8. The second-order valence-corrected chi connectivity index (χ2v) is 11.7. The Morgan fingerprint density at radius 1 is 1.11 bits per heavy atom. The Kier molecular flexibility index (Phi) is 10.5. The lowest BCUT2D eigenvalue weighted by Gasteiger charge is -2.42. The van der Waals surface area contributed by atoms with Crippen molar-refractivity contribution in [3.8, 4) is 5.75 Å². The van der Waals surface area contributed by atoms with Gasteiger partial charge in [-0.05, 0) is 68.5 Å². The Morgan fingerprint density at radius 3 is 2.52 bits per heavy atom. The highest BCUT2D eigenvalue weighted by molar-refractivity contribution is 5.90. The number of pyridine rings is 1. The number of benzene rings is 1. The fraction of sp³-hybridized carbons (Fsp3) is 0.500. The van der Waals surface area contributed by atoms with Crippen molar-refractivity contribution in [1.29, 1.82) is 0 Å². The van der Waals surface area contributed by atoms with Crippen molar-refractivity contribution >= 4 is 35.9 Å². The second kappa shape index (κ2) is 14.3. The Hall–Kier alpha value is -5.15. The third kappa shape index (κ3) is 8.73. The number of alkyl carbamates (subject to hydrolysis) is 2. The summed E-state index contributed by atoms with van der Waals surface area (Å²) in [5.74, 6) is -1.83. The molecule has 1 saturated carbocycles. The molecule has 0 unspecified atom stereocenters. The molecular weight excluding hydrogens is 606 g/mol. The van der Waals surface area contributed by atoms with Crippen LogP contribution >= 0.6 is 0 Å². The summed E-state index contributed by atoms with van der Waals surface area (Å²) in [6, 6.07) is 10.4. The van der Waals surface area contributed by atoms with Crippen LogP contribution in [0.1, 0.15) is 52.5 Å². The van der Waals surface area contributed by atoms with E-state index in [0.717, 1.165) is 10.5 Å². The van der Waals surface area contributed by atoms with Gasteiger partial charge in [-0.2, -0.15) is 0 Å². The Balaban J connectivity index is 1.50. The fourth-order valence-electron chi connectivity index (χ4n) is 5.15. The predicted octanol–water partition coefficient (Wildman–Crippen LogP) is 4.00. The summed E-state index contributed by atoms with van der Waals surface area (Å²) in [7, 11) is 0. The van der Waals surface area contributed by atoms with Gasteiger partial charge in [-0.25, -0.2) is 24.1 Å². The average Bonchev–Trinajstić information content (AvgIpc) is 3.33. The molecule has 1 spiro atoms. The summed E-state index contributed by atoms with van der Waals surface area (Å²) in [5, 5.41) is 17.4. The first kappa shape index (κ1) is 33.7. The van der Waals surface area contributed by atoms with Crippen LogP contribution in [0, 0.1) is 10.1 Å². The number of carbonyl (C=O) groups is 4. The standard InChI is InChI=1S/C30H37N5O11/c1-5-42-24(36)17-43-21-11-12-23(33-25(21)35(40)41)34-18-30(46-28(34)39)14-13-20(15-22(30)32-27(38)45-29(2,3)4)31-26(37)44-16-19-9-7-6-8-10-19/h6-12,20,22H,5,13-18H2,1-4H3,(H,31,37)(H,32,38)/t20-,22+,30+/m0/s1. The molecule has 16 heteroatoms. The Labute approximate surface area is 264 Å². The maximum atomic E-state index is 13.2. The maximum Gasteiger partial charge on any atom is 0.417 e. The van der Waals surface area contributed by atoms with Crippen LogP contribution in [0.2, 0.25) is 0 Å². The van der Waals surface area contributed by atoms with Gasteiger partial charge in [0.2, 0.25) is 5.75 Å². The first-order valence-electron chi connectivity index (χ1n) is 14.7. The van der Waals surface area contributed by atoms with E-state index in [4.69, 9.17) is 23.7 Å². The lowest BCUT2D eigenvalue weighted by Crippen LogP contribution is -2.61. The number of aromatic nitrogens is 1. The van der Waals surface area contributed by atoms with Gasteiger partial charge >= 0.3 is 30.1 Å². The molecule has 1 aromatic carbocycles. The summed E-state index contributed by atoms with van der Waals surface area (Å²) in [6.07, 6.45) is -1.51. The van der Waals surface area contributed by atoms with Crippen molar-refractivity contribution in [3.05, 3.63) is 58.1 Å². The molecule has 46 heavy (non-hydrogen) atoms. The van der Waals surface area contributed by atoms with Crippen molar-refractivity contribution < 1.29 is 47.8 Å². The molecule has 1 aliphatic carbocycles. The number of amides is 3. The fourth-order valence-corrected chi connectivity index (χ4v) is 5.15. The van der Waals surface area contributed by atoms with Crippen LogP contribution in [-0.4, -0.2) is 77.2 Å². The largest absolute Gasteiger partial charge is 0.474 e. The summed E-state index contributed by atoms with van der Waals surface area (Å²) >= 11 is 0. The SMILES string of the molecule is CCOC(=O)COc1ccc(N2C[C@@]3(CC[C@H](NC(=O)OCc4ccccc4)C[C@H]3NC(=O)OC(C)(C)C)OC2=O)nc1[N+](=O)[O-]. The van der Waals surface area contributed by atoms with Crippen LogP contribution in [-0.2, 0) is 30.3 Å². The molecule has 248 valence electrons. The van der Waals surface area contributed by atoms with Crippen molar-refractivity contribution in [2.45, 2.75) is 76.9 Å². The van der Waals surface area contributed by atoms with E-state index in [2.05, 4.69) is 15.6 Å². The van der Waals surface area contributed by atoms with Crippen LogP contribution in [0.5, 0.6) is 5.75 Å². The number of nitro groups is 1. The van der Waals surface area contributed by atoms with E-state index in [0.29, 0.717) is 6.42 Å². The Morgan fingerprint density at radius 2 is 1.85 bits per heavy atom. The highest BCUT2D eigenvalue weighted by Crippen LogP contribution is 2.40. The number of rotatable bonds is 10. The van der Waals surface area contributed by atoms with E-state index >= 15 is 0 Å². The minimum atomic E-state index is -1.28. The molecule has 3 atom stereocenters. The minimum Gasteiger partial charge on any atom is -0.474 e. The van der Waals surface area contributed by atoms with E-state index in [1.165, 1.54) is 12.1 Å². The maximum absolute atomic E-state index is 13.2. The zero-order valence-electron chi connectivity index (χ0n) is 26.0. The monoisotopic (exact) mass is 643 g/mol. The molecule has 4 rings (SSSR count). The van der Waals surface area contributed by atoms with Gasteiger partial charge in [0.25, 0.3) is 5.82 Å². The molecule has 2 fully saturated rings. The van der Waals surface area contributed by atoms with Crippen LogP contribution in [0.3, 0.4) is 0 Å². The molecule has 2 aromatic rings. The lowest BCUT2D eigenvalue weighted by atomic mass is 9.77. The van der Waals surface area contributed by atoms with E-state index in [1.54, 1.807) is 27.7 Å². The highest BCUT2D eigenvalue weighted by Gasteiger charge is 2.55. The lowest BCUT2D eigenvalue weighted by molar-refractivity contribution is -0.390. The van der Waals surface area contributed by atoms with Gasteiger partial charge in [0.05, 0.1) is 19.2 Å². The summed E-state index contributed by atoms with van der Waals surface area (Å²) in [6.45, 7) is 6.20. The van der Waals surface area contributed by atoms with Crippen LogP contribution in [0.4, 0.5) is 26.0 Å². The molecule has 1 aromatic heterocycles. The van der Waals surface area contributed by atoms with Gasteiger partial charge in [-0.15, -0.1) is 0 Å². The minimum absolute atomic E-state index is 0.0707. The molecule has 16 nitrogen and oxygen atoms in total. The smallest absolute Gasteiger partial charge is 0.417 e. The number of nitrogens with zero attached hydrogens (tertiary/aromatic N) is 3. The zero-order valence-corrected chi connectivity index (χ0v) is 26.0. The first-order valence-corrected chi connectivity index (χ1v) is 14.7. The van der Waals surface area contributed by atoms with Crippen LogP contribution in [0.25, 0.3) is 0 Å². The highest BCUT2D eigenvalue weighted by atomic mass is 16.6. The van der Waals surface area contributed by atoms with Crippen LogP contribution < -0.4 is 20.3 Å². The predicted molar refractivity (Wildman–Crippen MR) is 160 cm³/mol. The molecule has 2 N–H and O–H groups in total. The third-order valence-corrected chi connectivity index (χ3v) is 7.16. The van der Waals surface area contributed by atoms with Gasteiger partial charge in [0.15, 0.2) is 12.2 Å². The third-order valence-electron chi connectivity index (χ3n) is 7.16. The number of esters is 1. The Bertz CT molecular complexity index is 1450. The van der Waals surface area contributed by atoms with Crippen molar-refractivity contribution in [2.75, 3.05) is 24.7 Å². The number of anilines is 1. The van der Waals surface area contributed by atoms with Gasteiger partial charge in [-0.1, -0.05) is 30.3 Å². The molecule has 1 aliphatic heterocycles. The van der Waals surface area contributed by atoms with E-state index in [1.807, 2.05) is 30.3 Å². The second-order valence-electron chi connectivity index (χ2n) is 11.7. The quantitative estimate of drug-likeness (QED) is 0.164.